The van der Waals surface area contributed by atoms with Gasteiger partial charge in [-0.1, -0.05) is 60.7 Å². The minimum Gasteiger partial charge on any atom is -0.507 e. The second kappa shape index (κ2) is 7.18. The minimum absolute atomic E-state index is 0.122. The standard InChI is InChI=1S/C21H20O3/c22-19-7-3-1-5-15(19)9-11-17-13-14-18(21(17)24)12-10-16-6-2-4-8-20(16)23/h1-12,17-18,22-23H,13-14H2/b11-9+,12-10+/t17-,18-/m1/s1. The molecule has 1 fully saturated rings. The van der Waals surface area contributed by atoms with Gasteiger partial charge in [-0.25, -0.2) is 0 Å². The molecule has 0 spiro atoms. The molecule has 0 amide bonds. The maximum Gasteiger partial charge on any atom is 0.146 e. The number of para-hydroxylation sites is 2. The van der Waals surface area contributed by atoms with E-state index in [4.69, 9.17) is 0 Å². The number of hydrogen-bond donors (Lipinski definition) is 2. The van der Waals surface area contributed by atoms with Gasteiger partial charge in [0.25, 0.3) is 0 Å². The van der Waals surface area contributed by atoms with Crippen molar-refractivity contribution in [2.75, 3.05) is 0 Å². The lowest BCUT2D eigenvalue weighted by atomic mass is 10.00. The van der Waals surface area contributed by atoms with Crippen LogP contribution in [0.25, 0.3) is 12.2 Å². The van der Waals surface area contributed by atoms with E-state index in [0.29, 0.717) is 0 Å². The molecule has 3 nitrogen and oxygen atoms in total. The normalized spacial score (nSPS) is 21.1. The molecule has 2 aromatic rings. The molecular formula is C21H20O3. The van der Waals surface area contributed by atoms with Gasteiger partial charge in [0.15, 0.2) is 0 Å². The topological polar surface area (TPSA) is 57.5 Å². The fourth-order valence-corrected chi connectivity index (χ4v) is 3.00. The number of ketones is 1. The van der Waals surface area contributed by atoms with Gasteiger partial charge < -0.3 is 10.2 Å². The SMILES string of the molecule is O=C1[C@H](/C=C/c2ccccc2O)CC[C@H]1/C=C/c1ccccc1O. The predicted octanol–water partition coefficient (Wildman–Crippen LogP) is 4.42. The Morgan fingerprint density at radius 1 is 0.750 bits per heavy atom. The maximum atomic E-state index is 12.5. The van der Waals surface area contributed by atoms with Gasteiger partial charge in [0.2, 0.25) is 0 Å². The third kappa shape index (κ3) is 3.57. The summed E-state index contributed by atoms with van der Waals surface area (Å²) in [7, 11) is 0. The molecule has 2 atom stereocenters. The Bertz CT molecular complexity index is 724. The zero-order chi connectivity index (χ0) is 16.9. The summed E-state index contributed by atoms with van der Waals surface area (Å²) in [6, 6.07) is 14.2. The number of aromatic hydroxyl groups is 2. The molecule has 3 heteroatoms. The molecule has 0 unspecified atom stereocenters. The first-order valence-corrected chi connectivity index (χ1v) is 8.11. The molecule has 0 heterocycles. The minimum atomic E-state index is -0.122. The highest BCUT2D eigenvalue weighted by atomic mass is 16.3. The van der Waals surface area contributed by atoms with Crippen LogP contribution in [0.1, 0.15) is 24.0 Å². The van der Waals surface area contributed by atoms with Crippen LogP contribution in [-0.4, -0.2) is 16.0 Å². The Hall–Kier alpha value is -2.81. The summed E-state index contributed by atoms with van der Waals surface area (Å²) in [6.45, 7) is 0. The third-order valence-electron chi connectivity index (χ3n) is 4.41. The van der Waals surface area contributed by atoms with Crippen LogP contribution in [0.5, 0.6) is 11.5 Å². The number of hydrogen-bond acceptors (Lipinski definition) is 3. The molecule has 122 valence electrons. The molecule has 0 bridgehead atoms. The van der Waals surface area contributed by atoms with Gasteiger partial charge in [-0.2, -0.15) is 0 Å². The Morgan fingerprint density at radius 2 is 1.17 bits per heavy atom. The summed E-state index contributed by atoms with van der Waals surface area (Å²) in [5.41, 5.74) is 1.44. The first-order chi connectivity index (χ1) is 11.6. The van der Waals surface area contributed by atoms with Crippen molar-refractivity contribution in [3.8, 4) is 11.5 Å². The van der Waals surface area contributed by atoms with Crippen molar-refractivity contribution >= 4 is 17.9 Å². The van der Waals surface area contributed by atoms with E-state index < -0.39 is 0 Å². The Morgan fingerprint density at radius 3 is 1.58 bits per heavy atom. The molecule has 0 saturated heterocycles. The first kappa shape index (κ1) is 16.1. The molecular weight excluding hydrogens is 300 g/mol. The first-order valence-electron chi connectivity index (χ1n) is 8.11. The summed E-state index contributed by atoms with van der Waals surface area (Å²) in [4.78, 5) is 12.5. The molecule has 0 aromatic heterocycles. The fourth-order valence-electron chi connectivity index (χ4n) is 3.00. The quantitative estimate of drug-likeness (QED) is 0.876. The van der Waals surface area contributed by atoms with E-state index in [9.17, 15) is 15.0 Å². The second-order valence-electron chi connectivity index (χ2n) is 6.03. The van der Waals surface area contributed by atoms with Crippen molar-refractivity contribution in [1.29, 1.82) is 0 Å². The number of phenolic OH excluding ortho intramolecular Hbond substituents is 2. The van der Waals surface area contributed by atoms with Crippen molar-refractivity contribution < 1.29 is 15.0 Å². The summed E-state index contributed by atoms with van der Waals surface area (Å²) in [6.07, 6.45) is 8.99. The molecule has 3 rings (SSSR count). The van der Waals surface area contributed by atoms with Crippen LogP contribution in [0, 0.1) is 11.8 Å². The van der Waals surface area contributed by atoms with Crippen LogP contribution in [0.15, 0.2) is 60.7 Å². The number of benzene rings is 2. The molecule has 1 aliphatic carbocycles. The van der Waals surface area contributed by atoms with E-state index in [1.165, 1.54) is 0 Å². The average Bonchev–Trinajstić information content (AvgIpc) is 2.94. The molecule has 0 radical (unpaired) electrons. The van der Waals surface area contributed by atoms with Crippen molar-refractivity contribution in [2.45, 2.75) is 12.8 Å². The van der Waals surface area contributed by atoms with Crippen LogP contribution >= 0.6 is 0 Å². The number of phenols is 2. The zero-order valence-corrected chi connectivity index (χ0v) is 13.3. The van der Waals surface area contributed by atoms with Crippen LogP contribution in [0.2, 0.25) is 0 Å². The number of Topliss-reactive ketones (excluding diaryl/α,β-unsaturated/α-hetero) is 1. The predicted molar refractivity (Wildman–Crippen MR) is 95.5 cm³/mol. The Balaban J connectivity index is 1.67. The Labute approximate surface area is 141 Å². The van der Waals surface area contributed by atoms with Gasteiger partial charge in [-0.15, -0.1) is 0 Å². The van der Waals surface area contributed by atoms with E-state index in [2.05, 4.69) is 0 Å². The van der Waals surface area contributed by atoms with Gasteiger partial charge in [0, 0.05) is 23.0 Å². The summed E-state index contributed by atoms with van der Waals surface area (Å²) < 4.78 is 0. The lowest BCUT2D eigenvalue weighted by Crippen LogP contribution is -2.10. The lowest BCUT2D eigenvalue weighted by molar-refractivity contribution is -0.121. The van der Waals surface area contributed by atoms with Crippen molar-refractivity contribution in [1.82, 2.24) is 0 Å². The molecule has 2 N–H and O–H groups in total. The van der Waals surface area contributed by atoms with E-state index in [-0.39, 0.29) is 29.1 Å². The number of carbonyl (C=O) groups excluding carboxylic acids is 1. The largest absolute Gasteiger partial charge is 0.507 e. The smallest absolute Gasteiger partial charge is 0.146 e. The van der Waals surface area contributed by atoms with Crippen LogP contribution in [0.4, 0.5) is 0 Å². The Kier molecular flexibility index (Phi) is 4.80. The second-order valence-corrected chi connectivity index (χ2v) is 6.03. The van der Waals surface area contributed by atoms with E-state index in [1.54, 1.807) is 24.3 Å². The summed E-state index contributed by atoms with van der Waals surface area (Å²) in [5.74, 6) is 0.381. The third-order valence-corrected chi connectivity index (χ3v) is 4.41. The number of allylic oxidation sites excluding steroid dienone is 2. The van der Waals surface area contributed by atoms with Gasteiger partial charge in [-0.3, -0.25) is 4.79 Å². The van der Waals surface area contributed by atoms with Gasteiger partial charge in [0.1, 0.15) is 17.3 Å². The van der Waals surface area contributed by atoms with Gasteiger partial charge >= 0.3 is 0 Å². The molecule has 1 aliphatic rings. The molecule has 0 aliphatic heterocycles. The fraction of sp³-hybridized carbons (Fsp3) is 0.190. The molecule has 24 heavy (non-hydrogen) atoms. The molecule has 2 aromatic carbocycles. The molecule has 1 saturated carbocycles. The number of rotatable bonds is 4. The highest BCUT2D eigenvalue weighted by Crippen LogP contribution is 2.31. The van der Waals surface area contributed by atoms with Crippen LogP contribution in [-0.2, 0) is 4.79 Å². The maximum absolute atomic E-state index is 12.5. The van der Waals surface area contributed by atoms with Gasteiger partial charge in [0.05, 0.1) is 0 Å². The summed E-state index contributed by atoms with van der Waals surface area (Å²) in [5, 5.41) is 19.5. The van der Waals surface area contributed by atoms with Gasteiger partial charge in [-0.05, 0) is 25.0 Å². The van der Waals surface area contributed by atoms with Crippen molar-refractivity contribution in [3.05, 3.63) is 71.8 Å². The lowest BCUT2D eigenvalue weighted by Gasteiger charge is -2.04. The average molecular weight is 320 g/mol. The van der Waals surface area contributed by atoms with Crippen molar-refractivity contribution in [2.24, 2.45) is 11.8 Å². The summed E-state index contributed by atoms with van der Waals surface area (Å²) >= 11 is 0. The number of carbonyl (C=O) groups is 1. The monoisotopic (exact) mass is 320 g/mol. The highest BCUT2D eigenvalue weighted by molar-refractivity contribution is 5.90. The van der Waals surface area contributed by atoms with Crippen LogP contribution in [0.3, 0.4) is 0 Å². The van der Waals surface area contributed by atoms with Crippen LogP contribution < -0.4 is 0 Å². The van der Waals surface area contributed by atoms with Crippen molar-refractivity contribution in [3.63, 3.8) is 0 Å². The highest BCUT2D eigenvalue weighted by Gasteiger charge is 2.30. The van der Waals surface area contributed by atoms with E-state index in [0.717, 1.165) is 24.0 Å². The zero-order valence-electron chi connectivity index (χ0n) is 13.3. The van der Waals surface area contributed by atoms with E-state index >= 15 is 0 Å². The van der Waals surface area contributed by atoms with E-state index in [1.807, 2.05) is 48.6 Å².